The molecule has 0 bridgehead atoms. The zero-order valence-corrected chi connectivity index (χ0v) is 31.6. The van der Waals surface area contributed by atoms with Crippen molar-refractivity contribution in [3.63, 3.8) is 0 Å². The van der Waals surface area contributed by atoms with Crippen LogP contribution in [0.4, 0.5) is 0 Å². The fourth-order valence-corrected chi connectivity index (χ4v) is 5.96. The van der Waals surface area contributed by atoms with E-state index in [1.165, 1.54) is 43.2 Å². The number of nitrogens with one attached hydrogen (secondary N) is 1. The molecular weight excluding hydrogens is 682 g/mol. The second-order valence-electron chi connectivity index (χ2n) is 13.6. The maximum Gasteiger partial charge on any atom is 0.306 e. The SMILES string of the molecule is BrCc1ccccc1CBr.CC(C)(C)OC(=O)CCc1ccccc1CCC(=O)OC(C)(C)C.CC(C)NC1CCCCC1. The Morgan fingerprint density at radius 1 is 0.705 bits per heavy atom. The summed E-state index contributed by atoms with van der Waals surface area (Å²) in [6.07, 6.45) is 9.02. The van der Waals surface area contributed by atoms with Crippen LogP contribution in [0.5, 0.6) is 0 Å². The van der Waals surface area contributed by atoms with E-state index in [0.29, 0.717) is 31.7 Å². The Hall–Kier alpha value is -1.70. The lowest BCUT2D eigenvalue weighted by Crippen LogP contribution is -2.35. The van der Waals surface area contributed by atoms with Gasteiger partial charge >= 0.3 is 11.9 Å². The smallest absolute Gasteiger partial charge is 0.306 e. The van der Waals surface area contributed by atoms with Crippen molar-refractivity contribution in [2.24, 2.45) is 0 Å². The Bertz CT molecular complexity index is 1030. The van der Waals surface area contributed by atoms with Crippen molar-refractivity contribution in [2.75, 3.05) is 0 Å². The second-order valence-corrected chi connectivity index (χ2v) is 14.8. The molecule has 2 aromatic rings. The van der Waals surface area contributed by atoms with Gasteiger partial charge in [0.1, 0.15) is 11.2 Å². The zero-order chi connectivity index (χ0) is 33.2. The lowest BCUT2D eigenvalue weighted by atomic mass is 9.95. The molecule has 248 valence electrons. The van der Waals surface area contributed by atoms with Crippen molar-refractivity contribution in [1.29, 1.82) is 0 Å². The number of alkyl halides is 2. The molecule has 0 spiro atoms. The Kier molecular flexibility index (Phi) is 19.4. The molecule has 1 fully saturated rings. The van der Waals surface area contributed by atoms with Crippen LogP contribution >= 0.6 is 31.9 Å². The molecule has 1 aliphatic carbocycles. The van der Waals surface area contributed by atoms with Crippen LogP contribution in [0.3, 0.4) is 0 Å². The lowest BCUT2D eigenvalue weighted by molar-refractivity contribution is -0.156. The molecule has 0 unspecified atom stereocenters. The normalized spacial score (nSPS) is 13.7. The van der Waals surface area contributed by atoms with Gasteiger partial charge in [-0.1, -0.05) is 114 Å². The third-order valence-corrected chi connectivity index (χ3v) is 7.94. The van der Waals surface area contributed by atoms with E-state index in [0.717, 1.165) is 27.8 Å². The number of halogens is 2. The van der Waals surface area contributed by atoms with E-state index in [-0.39, 0.29) is 11.9 Å². The van der Waals surface area contributed by atoms with Gasteiger partial charge in [-0.25, -0.2) is 0 Å². The minimum atomic E-state index is -0.465. The number of benzene rings is 2. The Morgan fingerprint density at radius 2 is 1.07 bits per heavy atom. The number of hydrogen-bond donors (Lipinski definition) is 1. The zero-order valence-electron chi connectivity index (χ0n) is 28.4. The van der Waals surface area contributed by atoms with Gasteiger partial charge in [0.05, 0.1) is 0 Å². The highest BCUT2D eigenvalue weighted by molar-refractivity contribution is 9.09. The quantitative estimate of drug-likeness (QED) is 0.194. The van der Waals surface area contributed by atoms with E-state index in [4.69, 9.17) is 9.47 Å². The maximum atomic E-state index is 11.9. The van der Waals surface area contributed by atoms with E-state index in [2.05, 4.69) is 75.3 Å². The molecule has 2 aromatic carbocycles. The standard InChI is InChI=1S/C20H30O4.C9H19N.C8H8Br2/c1-19(2,3)23-17(21)13-11-15-9-7-8-10-16(15)12-14-18(22)24-20(4,5)6;1-8(2)10-9-6-4-3-5-7-9;9-5-7-3-1-2-4-8(7)6-10/h7-10H,11-14H2,1-6H3;8-10H,3-7H2,1-2H3;1-4H,5-6H2. The minimum absolute atomic E-state index is 0.204. The van der Waals surface area contributed by atoms with Crippen LogP contribution in [-0.4, -0.2) is 35.2 Å². The van der Waals surface area contributed by atoms with Gasteiger partial charge in [-0.2, -0.15) is 0 Å². The van der Waals surface area contributed by atoms with Crippen LogP contribution in [-0.2, 0) is 42.6 Å². The topological polar surface area (TPSA) is 64.6 Å². The highest BCUT2D eigenvalue weighted by Crippen LogP contribution is 2.19. The summed E-state index contributed by atoms with van der Waals surface area (Å²) in [4.78, 5) is 23.7. The molecule has 0 aromatic heterocycles. The van der Waals surface area contributed by atoms with Crippen LogP contribution in [0.25, 0.3) is 0 Å². The number of ether oxygens (including phenoxy) is 2. The summed E-state index contributed by atoms with van der Waals surface area (Å²) >= 11 is 6.86. The predicted octanol–water partition coefficient (Wildman–Crippen LogP) is 10.0. The summed E-state index contributed by atoms with van der Waals surface area (Å²) in [6.45, 7) is 15.6. The van der Waals surface area contributed by atoms with Crippen LogP contribution < -0.4 is 5.32 Å². The van der Waals surface area contributed by atoms with E-state index < -0.39 is 11.2 Å². The van der Waals surface area contributed by atoms with E-state index in [1.54, 1.807) is 0 Å². The summed E-state index contributed by atoms with van der Waals surface area (Å²) in [7, 11) is 0. The van der Waals surface area contributed by atoms with Crippen molar-refractivity contribution >= 4 is 43.8 Å². The summed E-state index contributed by atoms with van der Waals surface area (Å²) in [6, 6.07) is 17.8. The van der Waals surface area contributed by atoms with Crippen molar-refractivity contribution in [1.82, 2.24) is 5.32 Å². The predicted molar refractivity (Wildman–Crippen MR) is 192 cm³/mol. The molecule has 3 rings (SSSR count). The molecule has 7 heteroatoms. The summed E-state index contributed by atoms with van der Waals surface area (Å²) in [5.74, 6) is -0.408. The summed E-state index contributed by atoms with van der Waals surface area (Å²) in [5.41, 5.74) is 3.94. The first-order chi connectivity index (χ1) is 20.6. The van der Waals surface area contributed by atoms with E-state index in [1.807, 2.05) is 65.8 Å². The summed E-state index contributed by atoms with van der Waals surface area (Å²) in [5, 5.41) is 5.46. The molecule has 1 aliphatic rings. The molecule has 1 N–H and O–H groups in total. The number of rotatable bonds is 10. The Labute approximate surface area is 284 Å². The van der Waals surface area contributed by atoms with Crippen molar-refractivity contribution in [3.05, 3.63) is 70.8 Å². The Morgan fingerprint density at radius 3 is 1.39 bits per heavy atom. The monoisotopic (exact) mass is 737 g/mol. The van der Waals surface area contributed by atoms with Crippen LogP contribution in [0, 0.1) is 0 Å². The average molecular weight is 740 g/mol. The number of hydrogen-bond acceptors (Lipinski definition) is 5. The van der Waals surface area contributed by atoms with Crippen LogP contribution in [0.2, 0.25) is 0 Å². The van der Waals surface area contributed by atoms with E-state index in [9.17, 15) is 9.59 Å². The van der Waals surface area contributed by atoms with Crippen molar-refractivity contribution in [3.8, 4) is 0 Å². The second kappa shape index (κ2) is 21.2. The average Bonchev–Trinajstić information content (AvgIpc) is 2.94. The van der Waals surface area contributed by atoms with Gasteiger partial charge in [-0.15, -0.1) is 0 Å². The lowest BCUT2D eigenvalue weighted by Gasteiger charge is -2.24. The van der Waals surface area contributed by atoms with Gasteiger partial charge in [0, 0.05) is 35.6 Å². The fourth-order valence-electron chi connectivity index (χ4n) is 4.86. The molecule has 0 aliphatic heterocycles. The molecule has 0 atom stereocenters. The molecule has 5 nitrogen and oxygen atoms in total. The highest BCUT2D eigenvalue weighted by Gasteiger charge is 2.18. The molecule has 0 radical (unpaired) electrons. The largest absolute Gasteiger partial charge is 0.460 e. The van der Waals surface area contributed by atoms with Crippen LogP contribution in [0.1, 0.15) is 123 Å². The third kappa shape index (κ3) is 19.6. The first-order valence-corrected chi connectivity index (χ1v) is 18.3. The van der Waals surface area contributed by atoms with Gasteiger partial charge in [0.2, 0.25) is 0 Å². The number of aryl methyl sites for hydroxylation is 2. The third-order valence-electron chi connectivity index (χ3n) is 6.74. The minimum Gasteiger partial charge on any atom is -0.460 e. The molecular formula is C37H57Br2NO4. The summed E-state index contributed by atoms with van der Waals surface area (Å²) < 4.78 is 10.7. The molecule has 1 saturated carbocycles. The molecule has 0 heterocycles. The first-order valence-electron chi connectivity index (χ1n) is 16.1. The Balaban J connectivity index is 0.000000393. The number of carbonyl (C=O) groups is 2. The molecule has 0 amide bonds. The first kappa shape index (κ1) is 40.3. The number of esters is 2. The fraction of sp³-hybridized carbons (Fsp3) is 0.622. The van der Waals surface area contributed by atoms with Gasteiger partial charge in [0.15, 0.2) is 0 Å². The van der Waals surface area contributed by atoms with Gasteiger partial charge < -0.3 is 14.8 Å². The van der Waals surface area contributed by atoms with Gasteiger partial charge in [0.25, 0.3) is 0 Å². The van der Waals surface area contributed by atoms with E-state index >= 15 is 0 Å². The van der Waals surface area contributed by atoms with Gasteiger partial charge in [-0.3, -0.25) is 9.59 Å². The van der Waals surface area contributed by atoms with Crippen LogP contribution in [0.15, 0.2) is 48.5 Å². The van der Waals surface area contributed by atoms with Crippen molar-refractivity contribution in [2.45, 2.75) is 147 Å². The molecule has 0 saturated heterocycles. The number of carbonyl (C=O) groups excluding carboxylic acids is 2. The highest BCUT2D eigenvalue weighted by atomic mass is 79.9. The van der Waals surface area contributed by atoms with Gasteiger partial charge in [-0.05, 0) is 89.5 Å². The van der Waals surface area contributed by atoms with Crippen molar-refractivity contribution < 1.29 is 19.1 Å². The molecule has 44 heavy (non-hydrogen) atoms. The maximum absolute atomic E-state index is 11.9.